The number of hydrogen-bond acceptors (Lipinski definition) is 3. The van der Waals surface area contributed by atoms with E-state index >= 15 is 0 Å². The van der Waals surface area contributed by atoms with Crippen LogP contribution in [0, 0.1) is 5.92 Å². The van der Waals surface area contributed by atoms with Gasteiger partial charge in [0.1, 0.15) is 0 Å². The summed E-state index contributed by atoms with van der Waals surface area (Å²) in [6.45, 7) is 2.88. The highest BCUT2D eigenvalue weighted by atomic mass is 16.5. The molecule has 2 heterocycles. The molecule has 0 aliphatic carbocycles. The first-order chi connectivity index (χ1) is 7.60. The van der Waals surface area contributed by atoms with Crippen molar-refractivity contribution in [1.82, 2.24) is 4.90 Å². The molecule has 2 aliphatic rings. The standard InChI is InChI=1S/C12H21NO3/c1-13-5-3-12(4-6-13)9-10(2-7-16-12)8-11(14)15/h10H,2-9H2,1H3,(H,14,15). The van der Waals surface area contributed by atoms with Crippen LogP contribution in [0.5, 0.6) is 0 Å². The Labute approximate surface area is 96.6 Å². The molecule has 92 valence electrons. The predicted molar refractivity (Wildman–Crippen MR) is 60.4 cm³/mol. The molecule has 4 nitrogen and oxygen atoms in total. The monoisotopic (exact) mass is 227 g/mol. The first kappa shape index (κ1) is 11.9. The van der Waals surface area contributed by atoms with E-state index in [1.165, 1.54) is 0 Å². The molecule has 16 heavy (non-hydrogen) atoms. The van der Waals surface area contributed by atoms with Crippen LogP contribution in [0.15, 0.2) is 0 Å². The Hall–Kier alpha value is -0.610. The summed E-state index contributed by atoms with van der Waals surface area (Å²) in [4.78, 5) is 13.1. The van der Waals surface area contributed by atoms with Gasteiger partial charge in [-0.1, -0.05) is 0 Å². The zero-order valence-corrected chi connectivity index (χ0v) is 9.95. The Kier molecular flexibility index (Phi) is 3.50. The van der Waals surface area contributed by atoms with Crippen molar-refractivity contribution >= 4 is 5.97 Å². The van der Waals surface area contributed by atoms with Crippen molar-refractivity contribution in [3.05, 3.63) is 0 Å². The summed E-state index contributed by atoms with van der Waals surface area (Å²) in [5, 5.41) is 8.85. The van der Waals surface area contributed by atoms with Gasteiger partial charge in [-0.15, -0.1) is 0 Å². The van der Waals surface area contributed by atoms with Crippen LogP contribution < -0.4 is 0 Å². The van der Waals surface area contributed by atoms with Gasteiger partial charge in [0.15, 0.2) is 0 Å². The molecule has 0 saturated carbocycles. The summed E-state index contributed by atoms with van der Waals surface area (Å²) in [6, 6.07) is 0. The fourth-order valence-electron chi connectivity index (χ4n) is 2.92. The van der Waals surface area contributed by atoms with Gasteiger partial charge in [-0.05, 0) is 38.6 Å². The van der Waals surface area contributed by atoms with E-state index in [4.69, 9.17) is 9.84 Å². The number of carboxylic acid groups (broad SMARTS) is 1. The number of piperidine rings is 1. The molecule has 2 aliphatic heterocycles. The second-order valence-electron chi connectivity index (χ2n) is 5.29. The van der Waals surface area contributed by atoms with E-state index in [-0.39, 0.29) is 5.60 Å². The fraction of sp³-hybridized carbons (Fsp3) is 0.917. The highest BCUT2D eigenvalue weighted by molar-refractivity contribution is 5.67. The number of rotatable bonds is 2. The van der Waals surface area contributed by atoms with E-state index < -0.39 is 5.97 Å². The molecule has 0 aromatic rings. The summed E-state index contributed by atoms with van der Waals surface area (Å²) in [5.74, 6) is -0.357. The Morgan fingerprint density at radius 1 is 1.50 bits per heavy atom. The van der Waals surface area contributed by atoms with Crippen LogP contribution >= 0.6 is 0 Å². The molecule has 2 rings (SSSR count). The number of ether oxygens (including phenoxy) is 1. The minimum absolute atomic E-state index is 0.00905. The predicted octanol–water partition coefficient (Wildman–Crippen LogP) is 1.35. The maximum Gasteiger partial charge on any atom is 0.303 e. The molecule has 0 aromatic carbocycles. The minimum atomic E-state index is -0.671. The summed E-state index contributed by atoms with van der Waals surface area (Å²) >= 11 is 0. The van der Waals surface area contributed by atoms with E-state index in [1.54, 1.807) is 0 Å². The Morgan fingerprint density at radius 2 is 2.19 bits per heavy atom. The molecule has 1 N–H and O–H groups in total. The zero-order valence-electron chi connectivity index (χ0n) is 9.95. The summed E-state index contributed by atoms with van der Waals surface area (Å²) < 4.78 is 5.95. The lowest BCUT2D eigenvalue weighted by Crippen LogP contribution is -2.48. The highest BCUT2D eigenvalue weighted by Gasteiger charge is 2.39. The third-order valence-corrected chi connectivity index (χ3v) is 3.96. The molecular weight excluding hydrogens is 206 g/mol. The maximum absolute atomic E-state index is 10.7. The van der Waals surface area contributed by atoms with E-state index in [9.17, 15) is 4.79 Å². The molecule has 4 heteroatoms. The van der Waals surface area contributed by atoms with Crippen LogP contribution in [0.25, 0.3) is 0 Å². The second kappa shape index (κ2) is 4.72. The van der Waals surface area contributed by atoms with Gasteiger partial charge in [0.25, 0.3) is 0 Å². The van der Waals surface area contributed by atoms with Crippen molar-refractivity contribution in [2.75, 3.05) is 26.7 Å². The highest BCUT2D eigenvalue weighted by Crippen LogP contribution is 2.38. The molecule has 2 fully saturated rings. The third kappa shape index (κ3) is 2.74. The molecule has 0 bridgehead atoms. The van der Waals surface area contributed by atoms with Crippen molar-refractivity contribution in [1.29, 1.82) is 0 Å². The quantitative estimate of drug-likeness (QED) is 0.773. The van der Waals surface area contributed by atoms with Gasteiger partial charge in [0.05, 0.1) is 5.60 Å². The van der Waals surface area contributed by atoms with Crippen molar-refractivity contribution in [2.24, 2.45) is 5.92 Å². The topological polar surface area (TPSA) is 49.8 Å². The molecular formula is C12H21NO3. The van der Waals surface area contributed by atoms with E-state index in [1.807, 2.05) is 0 Å². The van der Waals surface area contributed by atoms with Crippen molar-refractivity contribution in [3.63, 3.8) is 0 Å². The van der Waals surface area contributed by atoms with Crippen LogP contribution in [-0.2, 0) is 9.53 Å². The van der Waals surface area contributed by atoms with Gasteiger partial charge in [0, 0.05) is 26.1 Å². The number of aliphatic carboxylic acids is 1. The first-order valence-electron chi connectivity index (χ1n) is 6.14. The maximum atomic E-state index is 10.7. The molecule has 0 radical (unpaired) electrons. The van der Waals surface area contributed by atoms with Gasteiger partial charge in [-0.2, -0.15) is 0 Å². The van der Waals surface area contributed by atoms with E-state index in [0.717, 1.165) is 45.4 Å². The Balaban J connectivity index is 1.92. The lowest BCUT2D eigenvalue weighted by Gasteiger charge is -2.45. The average molecular weight is 227 g/mol. The number of carbonyl (C=O) groups is 1. The molecule has 2 saturated heterocycles. The average Bonchev–Trinajstić information content (AvgIpc) is 2.22. The number of carboxylic acids is 1. The summed E-state index contributed by atoms with van der Waals surface area (Å²) in [5.41, 5.74) is -0.00905. The zero-order chi connectivity index (χ0) is 11.6. The van der Waals surface area contributed by atoms with E-state index in [0.29, 0.717) is 12.3 Å². The minimum Gasteiger partial charge on any atom is -0.481 e. The SMILES string of the molecule is CN1CCC2(CC1)CC(CC(=O)O)CCO2. The van der Waals surface area contributed by atoms with Crippen LogP contribution in [0.4, 0.5) is 0 Å². The van der Waals surface area contributed by atoms with Gasteiger partial charge in [-0.25, -0.2) is 0 Å². The van der Waals surface area contributed by atoms with Crippen molar-refractivity contribution in [2.45, 2.75) is 37.7 Å². The number of nitrogens with zero attached hydrogens (tertiary/aromatic N) is 1. The van der Waals surface area contributed by atoms with Gasteiger partial charge < -0.3 is 14.7 Å². The molecule has 0 aromatic heterocycles. The Bertz CT molecular complexity index is 259. The van der Waals surface area contributed by atoms with Crippen LogP contribution in [0.3, 0.4) is 0 Å². The second-order valence-corrected chi connectivity index (χ2v) is 5.29. The molecule has 1 atom stereocenters. The third-order valence-electron chi connectivity index (χ3n) is 3.96. The van der Waals surface area contributed by atoms with Crippen LogP contribution in [-0.4, -0.2) is 48.3 Å². The van der Waals surface area contributed by atoms with Gasteiger partial charge in [0.2, 0.25) is 0 Å². The molecule has 1 spiro atoms. The Morgan fingerprint density at radius 3 is 2.81 bits per heavy atom. The largest absolute Gasteiger partial charge is 0.481 e. The number of likely N-dealkylation sites (tertiary alicyclic amines) is 1. The summed E-state index contributed by atoms with van der Waals surface area (Å²) in [7, 11) is 2.13. The van der Waals surface area contributed by atoms with Crippen LogP contribution in [0.2, 0.25) is 0 Å². The fourth-order valence-corrected chi connectivity index (χ4v) is 2.92. The van der Waals surface area contributed by atoms with E-state index in [2.05, 4.69) is 11.9 Å². The van der Waals surface area contributed by atoms with Crippen molar-refractivity contribution < 1.29 is 14.6 Å². The van der Waals surface area contributed by atoms with Gasteiger partial charge in [-0.3, -0.25) is 4.79 Å². The number of hydrogen-bond donors (Lipinski definition) is 1. The lowest BCUT2D eigenvalue weighted by atomic mass is 9.78. The van der Waals surface area contributed by atoms with Gasteiger partial charge >= 0.3 is 5.97 Å². The molecule has 1 unspecified atom stereocenters. The van der Waals surface area contributed by atoms with Crippen LogP contribution in [0.1, 0.15) is 32.1 Å². The smallest absolute Gasteiger partial charge is 0.303 e. The summed E-state index contributed by atoms with van der Waals surface area (Å²) in [6.07, 6.45) is 4.26. The lowest BCUT2D eigenvalue weighted by molar-refractivity contribution is -0.145. The molecule has 0 amide bonds. The first-order valence-corrected chi connectivity index (χ1v) is 6.14. The normalized spacial score (nSPS) is 30.4. The van der Waals surface area contributed by atoms with Crippen molar-refractivity contribution in [3.8, 4) is 0 Å².